The molecule has 5 atom stereocenters. The largest absolute Gasteiger partial charge is 0.456 e. The molecule has 0 amide bonds. The van der Waals surface area contributed by atoms with E-state index in [1.807, 2.05) is 20.8 Å². The van der Waals surface area contributed by atoms with Gasteiger partial charge in [0, 0.05) is 0 Å². The van der Waals surface area contributed by atoms with Crippen LogP contribution >= 0.6 is 0 Å². The number of hydrogen-bond acceptors (Lipinski definition) is 5. The van der Waals surface area contributed by atoms with Gasteiger partial charge in [-0.2, -0.15) is 0 Å². The highest BCUT2D eigenvalue weighted by atomic mass is 16.8. The van der Waals surface area contributed by atoms with Gasteiger partial charge in [0.2, 0.25) is 0 Å². The van der Waals surface area contributed by atoms with Gasteiger partial charge in [-0.15, -0.1) is 0 Å². The van der Waals surface area contributed by atoms with Crippen LogP contribution in [0.3, 0.4) is 0 Å². The second kappa shape index (κ2) is 3.18. The first-order valence-corrected chi connectivity index (χ1v) is 5.73. The average Bonchev–Trinajstić information content (AvgIpc) is 2.72. The summed E-state index contributed by atoms with van der Waals surface area (Å²) in [7, 11) is 0. The van der Waals surface area contributed by atoms with Crippen molar-refractivity contribution in [2.45, 2.75) is 57.6 Å². The molecule has 0 aliphatic carbocycles. The Kier molecular flexibility index (Phi) is 2.09. The van der Waals surface area contributed by atoms with Gasteiger partial charge in [0.15, 0.2) is 24.3 Å². The van der Waals surface area contributed by atoms with Gasteiger partial charge in [0.05, 0.1) is 5.92 Å². The minimum absolute atomic E-state index is 0.175. The molecule has 16 heavy (non-hydrogen) atoms. The van der Waals surface area contributed by atoms with E-state index in [4.69, 9.17) is 18.9 Å². The summed E-state index contributed by atoms with van der Waals surface area (Å²) in [6.45, 7) is 5.62. The number of rotatable bonds is 1. The van der Waals surface area contributed by atoms with Gasteiger partial charge < -0.3 is 18.9 Å². The summed E-state index contributed by atoms with van der Waals surface area (Å²) < 4.78 is 22.4. The Bertz CT molecular complexity index is 326. The summed E-state index contributed by atoms with van der Waals surface area (Å²) in [5, 5.41) is 0. The third-order valence-electron chi connectivity index (χ3n) is 3.42. The van der Waals surface area contributed by atoms with E-state index in [0.29, 0.717) is 0 Å². The third kappa shape index (κ3) is 1.31. The summed E-state index contributed by atoms with van der Waals surface area (Å²) in [6, 6.07) is 0. The Morgan fingerprint density at radius 1 is 1.19 bits per heavy atom. The standard InChI is InChI=1S/C11H16O5/c1-4-5-6-7(13-9(5)12)8-10(14-6)16-11(2,3)15-8/h5-8,10H,4H2,1-3H3. The molecule has 5 heteroatoms. The van der Waals surface area contributed by atoms with Crippen molar-refractivity contribution in [3.8, 4) is 0 Å². The molecule has 0 spiro atoms. The van der Waals surface area contributed by atoms with E-state index in [2.05, 4.69) is 0 Å². The van der Waals surface area contributed by atoms with E-state index >= 15 is 0 Å². The zero-order valence-corrected chi connectivity index (χ0v) is 9.64. The molecule has 5 unspecified atom stereocenters. The normalized spacial score (nSPS) is 48.9. The second-order valence-corrected chi connectivity index (χ2v) is 4.99. The molecule has 3 aliphatic rings. The lowest BCUT2D eigenvalue weighted by atomic mass is 9.98. The predicted octanol–water partition coefficient (Wildman–Crippen LogP) is 0.814. The van der Waals surface area contributed by atoms with Crippen LogP contribution in [0.5, 0.6) is 0 Å². The quantitative estimate of drug-likeness (QED) is 0.622. The lowest BCUT2D eigenvalue weighted by molar-refractivity contribution is -0.212. The summed E-state index contributed by atoms with van der Waals surface area (Å²) >= 11 is 0. The number of fused-ring (bicyclic) bond motifs is 3. The van der Waals surface area contributed by atoms with E-state index in [0.717, 1.165) is 6.42 Å². The van der Waals surface area contributed by atoms with Crippen LogP contribution in [-0.4, -0.2) is 36.4 Å². The number of esters is 1. The van der Waals surface area contributed by atoms with Crippen LogP contribution < -0.4 is 0 Å². The first-order valence-electron chi connectivity index (χ1n) is 5.73. The summed E-state index contributed by atoms with van der Waals surface area (Å²) in [6.07, 6.45) is -0.455. The maximum absolute atomic E-state index is 11.6. The van der Waals surface area contributed by atoms with Crippen LogP contribution in [0.1, 0.15) is 27.2 Å². The molecule has 90 valence electrons. The SMILES string of the molecule is CCC1C(=O)OC2C3OC(C)(C)OC3OC12. The summed E-state index contributed by atoms with van der Waals surface area (Å²) in [4.78, 5) is 11.6. The monoisotopic (exact) mass is 228 g/mol. The van der Waals surface area contributed by atoms with Gasteiger partial charge in [-0.25, -0.2) is 0 Å². The Morgan fingerprint density at radius 3 is 2.62 bits per heavy atom. The molecule has 0 N–H and O–H groups in total. The fourth-order valence-electron chi connectivity index (χ4n) is 2.72. The molecule has 0 aromatic heterocycles. The average molecular weight is 228 g/mol. The van der Waals surface area contributed by atoms with E-state index < -0.39 is 12.1 Å². The van der Waals surface area contributed by atoms with Crippen molar-refractivity contribution in [2.75, 3.05) is 0 Å². The summed E-state index contributed by atoms with van der Waals surface area (Å²) in [5.41, 5.74) is 0. The maximum atomic E-state index is 11.6. The van der Waals surface area contributed by atoms with E-state index in [-0.39, 0.29) is 30.2 Å². The second-order valence-electron chi connectivity index (χ2n) is 4.99. The molecule has 3 aliphatic heterocycles. The smallest absolute Gasteiger partial charge is 0.312 e. The highest BCUT2D eigenvalue weighted by Crippen LogP contribution is 2.44. The Balaban J connectivity index is 1.81. The molecule has 0 bridgehead atoms. The predicted molar refractivity (Wildman–Crippen MR) is 52.4 cm³/mol. The van der Waals surface area contributed by atoms with Crippen LogP contribution in [0.15, 0.2) is 0 Å². The number of carbonyl (C=O) groups is 1. The van der Waals surface area contributed by atoms with Gasteiger partial charge in [0.1, 0.15) is 6.10 Å². The van der Waals surface area contributed by atoms with Gasteiger partial charge in [-0.3, -0.25) is 4.79 Å². The molecular formula is C11H16O5. The van der Waals surface area contributed by atoms with Crippen LogP contribution in [0.4, 0.5) is 0 Å². The fourth-order valence-corrected chi connectivity index (χ4v) is 2.72. The topological polar surface area (TPSA) is 54.0 Å². The Morgan fingerprint density at radius 2 is 1.94 bits per heavy atom. The van der Waals surface area contributed by atoms with Crippen LogP contribution in [-0.2, 0) is 23.7 Å². The van der Waals surface area contributed by atoms with Crippen LogP contribution in [0.25, 0.3) is 0 Å². The first kappa shape index (κ1) is 10.5. The fraction of sp³-hybridized carbons (Fsp3) is 0.909. The van der Waals surface area contributed by atoms with Crippen molar-refractivity contribution in [2.24, 2.45) is 5.92 Å². The lowest BCUT2D eigenvalue weighted by Gasteiger charge is -2.21. The Hall–Kier alpha value is -0.650. The molecular weight excluding hydrogens is 212 g/mol. The molecule has 0 aromatic rings. The number of ether oxygens (including phenoxy) is 4. The van der Waals surface area contributed by atoms with Gasteiger partial charge in [-0.1, -0.05) is 6.92 Å². The van der Waals surface area contributed by atoms with Crippen molar-refractivity contribution in [3.63, 3.8) is 0 Å². The molecule has 0 saturated carbocycles. The molecule has 3 heterocycles. The van der Waals surface area contributed by atoms with Crippen molar-refractivity contribution < 1.29 is 23.7 Å². The first-order chi connectivity index (χ1) is 7.52. The zero-order chi connectivity index (χ0) is 11.5. The summed E-state index contributed by atoms with van der Waals surface area (Å²) in [5.74, 6) is -1.01. The highest BCUT2D eigenvalue weighted by Gasteiger charge is 2.62. The maximum Gasteiger partial charge on any atom is 0.312 e. The van der Waals surface area contributed by atoms with E-state index in [9.17, 15) is 4.79 Å². The zero-order valence-electron chi connectivity index (χ0n) is 9.64. The van der Waals surface area contributed by atoms with E-state index in [1.165, 1.54) is 0 Å². The lowest BCUT2D eigenvalue weighted by Crippen LogP contribution is -2.33. The van der Waals surface area contributed by atoms with Gasteiger partial charge in [-0.05, 0) is 20.3 Å². The minimum Gasteiger partial charge on any atom is -0.456 e. The van der Waals surface area contributed by atoms with Crippen LogP contribution in [0, 0.1) is 5.92 Å². The van der Waals surface area contributed by atoms with Crippen molar-refractivity contribution >= 4 is 5.97 Å². The molecule has 3 rings (SSSR count). The van der Waals surface area contributed by atoms with Crippen molar-refractivity contribution in [3.05, 3.63) is 0 Å². The molecule has 3 fully saturated rings. The van der Waals surface area contributed by atoms with Crippen molar-refractivity contribution in [1.29, 1.82) is 0 Å². The van der Waals surface area contributed by atoms with Gasteiger partial charge >= 0.3 is 5.97 Å². The highest BCUT2D eigenvalue weighted by molar-refractivity contribution is 5.76. The molecule has 5 nitrogen and oxygen atoms in total. The van der Waals surface area contributed by atoms with E-state index in [1.54, 1.807) is 0 Å². The Labute approximate surface area is 94.0 Å². The minimum atomic E-state index is -0.656. The third-order valence-corrected chi connectivity index (χ3v) is 3.42. The number of hydrogen-bond donors (Lipinski definition) is 0. The molecule has 0 radical (unpaired) electrons. The molecule has 0 aromatic carbocycles. The molecule has 3 saturated heterocycles. The van der Waals surface area contributed by atoms with Crippen LogP contribution in [0.2, 0.25) is 0 Å². The van der Waals surface area contributed by atoms with Crippen molar-refractivity contribution in [1.82, 2.24) is 0 Å². The number of carbonyl (C=O) groups excluding carboxylic acids is 1. The van der Waals surface area contributed by atoms with Gasteiger partial charge in [0.25, 0.3) is 0 Å².